The molecule has 0 fully saturated rings. The van der Waals surface area contributed by atoms with Gasteiger partial charge in [0.2, 0.25) is 11.8 Å². The van der Waals surface area contributed by atoms with Crippen molar-refractivity contribution < 1.29 is 14.0 Å². The molecule has 0 saturated heterocycles. The molecule has 0 spiro atoms. The second-order valence-corrected chi connectivity index (χ2v) is 9.94. The Kier molecular flexibility index (Phi) is 6.65. The van der Waals surface area contributed by atoms with Gasteiger partial charge in [-0.15, -0.1) is 11.3 Å². The number of thiazole rings is 1. The van der Waals surface area contributed by atoms with E-state index in [1.807, 2.05) is 41.3 Å². The molecule has 36 heavy (non-hydrogen) atoms. The molecule has 0 unspecified atom stereocenters. The maximum Gasteiger partial charge on any atom is 0.244 e. The molecule has 0 atom stereocenters. The lowest BCUT2D eigenvalue weighted by Crippen LogP contribution is -2.36. The van der Waals surface area contributed by atoms with Crippen molar-refractivity contribution in [2.45, 2.75) is 33.2 Å². The van der Waals surface area contributed by atoms with Crippen LogP contribution in [-0.4, -0.2) is 44.6 Å². The van der Waals surface area contributed by atoms with Crippen LogP contribution in [0.4, 0.5) is 9.52 Å². The van der Waals surface area contributed by atoms with Gasteiger partial charge in [0.05, 0.1) is 17.1 Å². The van der Waals surface area contributed by atoms with E-state index in [1.165, 1.54) is 24.3 Å². The molecule has 0 saturated carbocycles. The van der Waals surface area contributed by atoms with Gasteiger partial charge in [-0.1, -0.05) is 30.3 Å². The average Bonchev–Trinajstić information content (AvgIpc) is 3.39. The van der Waals surface area contributed by atoms with Crippen LogP contribution >= 0.6 is 11.3 Å². The SMILES string of the molecule is CC(=O)Nc1nc2c(s1)CCN(C(=O)Cn1nc(-c3ccc(F)c(C)c3)cc1-c1ccccc1)CC2. The fraction of sp³-hybridized carbons (Fsp3) is 0.259. The van der Waals surface area contributed by atoms with Gasteiger partial charge in [0.25, 0.3) is 0 Å². The van der Waals surface area contributed by atoms with Gasteiger partial charge < -0.3 is 10.2 Å². The highest BCUT2D eigenvalue weighted by Crippen LogP contribution is 2.29. The Labute approximate surface area is 212 Å². The van der Waals surface area contributed by atoms with Crippen LogP contribution in [0, 0.1) is 12.7 Å². The highest BCUT2D eigenvalue weighted by Gasteiger charge is 2.23. The Morgan fingerprint density at radius 1 is 1.06 bits per heavy atom. The molecule has 1 N–H and O–H groups in total. The van der Waals surface area contributed by atoms with Gasteiger partial charge in [-0.3, -0.25) is 14.3 Å². The number of rotatable bonds is 5. The minimum atomic E-state index is -0.259. The Morgan fingerprint density at radius 2 is 1.83 bits per heavy atom. The molecule has 9 heteroatoms. The van der Waals surface area contributed by atoms with Crippen molar-refractivity contribution in [3.8, 4) is 22.5 Å². The lowest BCUT2D eigenvalue weighted by Gasteiger charge is -2.21. The molecule has 3 heterocycles. The van der Waals surface area contributed by atoms with Crippen molar-refractivity contribution in [1.29, 1.82) is 0 Å². The zero-order chi connectivity index (χ0) is 25.2. The van der Waals surface area contributed by atoms with Gasteiger partial charge >= 0.3 is 0 Å². The Hall–Kier alpha value is -3.85. The van der Waals surface area contributed by atoms with Gasteiger partial charge in [-0.25, -0.2) is 9.37 Å². The highest BCUT2D eigenvalue weighted by molar-refractivity contribution is 7.15. The molecule has 184 valence electrons. The van der Waals surface area contributed by atoms with Crippen molar-refractivity contribution in [2.24, 2.45) is 0 Å². The number of nitrogens with zero attached hydrogens (tertiary/aromatic N) is 4. The number of nitrogens with one attached hydrogen (secondary N) is 1. The van der Waals surface area contributed by atoms with Crippen LogP contribution in [0.2, 0.25) is 0 Å². The van der Waals surface area contributed by atoms with E-state index in [4.69, 9.17) is 5.10 Å². The first kappa shape index (κ1) is 23.9. The number of aromatic nitrogens is 3. The molecule has 2 aromatic carbocycles. The third-order valence-electron chi connectivity index (χ3n) is 6.23. The van der Waals surface area contributed by atoms with Crippen molar-refractivity contribution in [3.05, 3.63) is 76.5 Å². The van der Waals surface area contributed by atoms with Gasteiger partial charge in [0, 0.05) is 43.3 Å². The Morgan fingerprint density at radius 3 is 2.58 bits per heavy atom. The molecule has 7 nitrogen and oxygen atoms in total. The van der Waals surface area contributed by atoms with Crippen LogP contribution in [0.5, 0.6) is 0 Å². The van der Waals surface area contributed by atoms with Crippen LogP contribution in [0.3, 0.4) is 0 Å². The summed E-state index contributed by atoms with van der Waals surface area (Å²) in [6, 6.07) is 16.7. The summed E-state index contributed by atoms with van der Waals surface area (Å²) < 4.78 is 15.6. The van der Waals surface area contributed by atoms with Gasteiger partial charge in [0.15, 0.2) is 5.13 Å². The lowest BCUT2D eigenvalue weighted by atomic mass is 10.1. The van der Waals surface area contributed by atoms with E-state index in [1.54, 1.807) is 23.7 Å². The zero-order valence-electron chi connectivity index (χ0n) is 20.1. The molecule has 1 aliphatic heterocycles. The molecule has 0 aliphatic carbocycles. The molecule has 2 amide bonds. The van der Waals surface area contributed by atoms with Crippen molar-refractivity contribution >= 4 is 28.3 Å². The molecule has 2 aromatic heterocycles. The summed E-state index contributed by atoms with van der Waals surface area (Å²) in [5.41, 5.74) is 4.77. The first-order valence-electron chi connectivity index (χ1n) is 11.8. The number of halogens is 1. The molecule has 0 bridgehead atoms. The number of carbonyl (C=O) groups excluding carboxylic acids is 2. The minimum Gasteiger partial charge on any atom is -0.340 e. The minimum absolute atomic E-state index is 0.0191. The van der Waals surface area contributed by atoms with Crippen molar-refractivity contribution in [3.63, 3.8) is 0 Å². The summed E-state index contributed by atoms with van der Waals surface area (Å²) in [6.07, 6.45) is 1.34. The molecular weight excluding hydrogens is 477 g/mol. The van der Waals surface area contributed by atoms with Crippen LogP contribution in [0.1, 0.15) is 23.1 Å². The van der Waals surface area contributed by atoms with E-state index in [9.17, 15) is 14.0 Å². The fourth-order valence-electron chi connectivity index (χ4n) is 4.37. The zero-order valence-corrected chi connectivity index (χ0v) is 20.9. The molecule has 0 radical (unpaired) electrons. The number of carbonyl (C=O) groups is 2. The predicted molar refractivity (Wildman–Crippen MR) is 138 cm³/mol. The second kappa shape index (κ2) is 10.0. The van der Waals surface area contributed by atoms with Gasteiger partial charge in [0.1, 0.15) is 12.4 Å². The third kappa shape index (κ3) is 5.06. The smallest absolute Gasteiger partial charge is 0.244 e. The summed E-state index contributed by atoms with van der Waals surface area (Å²) >= 11 is 1.47. The number of aryl methyl sites for hydroxylation is 1. The van der Waals surface area contributed by atoms with E-state index in [0.717, 1.165) is 27.4 Å². The van der Waals surface area contributed by atoms with E-state index >= 15 is 0 Å². The second-order valence-electron chi connectivity index (χ2n) is 8.85. The topological polar surface area (TPSA) is 80.1 Å². The lowest BCUT2D eigenvalue weighted by molar-refractivity contribution is -0.131. The molecule has 4 aromatic rings. The number of amides is 2. The van der Waals surface area contributed by atoms with Crippen LogP contribution in [0.15, 0.2) is 54.6 Å². The van der Waals surface area contributed by atoms with Crippen LogP contribution in [-0.2, 0) is 29.0 Å². The largest absolute Gasteiger partial charge is 0.340 e. The number of anilines is 1. The normalized spacial score (nSPS) is 13.2. The maximum absolute atomic E-state index is 13.8. The van der Waals surface area contributed by atoms with E-state index in [2.05, 4.69) is 10.3 Å². The first-order chi connectivity index (χ1) is 17.4. The number of hydrogen-bond acceptors (Lipinski definition) is 5. The summed E-state index contributed by atoms with van der Waals surface area (Å²) in [7, 11) is 0. The highest BCUT2D eigenvalue weighted by atomic mass is 32.1. The van der Waals surface area contributed by atoms with Crippen LogP contribution < -0.4 is 5.32 Å². The molecule has 1 aliphatic rings. The monoisotopic (exact) mass is 503 g/mol. The predicted octanol–water partition coefficient (Wildman–Crippen LogP) is 4.71. The maximum atomic E-state index is 13.8. The number of fused-ring (bicyclic) bond motifs is 1. The number of benzene rings is 2. The van der Waals surface area contributed by atoms with Gasteiger partial charge in [-0.2, -0.15) is 5.10 Å². The van der Waals surface area contributed by atoms with E-state index < -0.39 is 0 Å². The average molecular weight is 504 g/mol. The van der Waals surface area contributed by atoms with Crippen LogP contribution in [0.25, 0.3) is 22.5 Å². The fourth-order valence-corrected chi connectivity index (χ4v) is 5.41. The third-order valence-corrected chi connectivity index (χ3v) is 7.30. The van der Waals surface area contributed by atoms with Gasteiger partial charge in [-0.05, 0) is 42.3 Å². The Bertz CT molecular complexity index is 1400. The molecule has 5 rings (SSSR count). The van der Waals surface area contributed by atoms with E-state index in [0.29, 0.717) is 42.3 Å². The number of hydrogen-bond donors (Lipinski definition) is 1. The molecular formula is C27H26FN5O2S. The first-order valence-corrected chi connectivity index (χ1v) is 12.6. The van der Waals surface area contributed by atoms with E-state index in [-0.39, 0.29) is 24.2 Å². The quantitative estimate of drug-likeness (QED) is 0.428. The standard InChI is InChI=1S/C27H26FN5O2S/c1-17-14-20(8-9-21(17)28)23-15-24(19-6-4-3-5-7-19)33(31-23)16-26(35)32-12-10-22-25(11-13-32)36-27(30-22)29-18(2)34/h3-9,14-15H,10-13,16H2,1-2H3,(H,29,30,34). The summed E-state index contributed by atoms with van der Waals surface area (Å²) in [5, 5.41) is 8.11. The van der Waals surface area contributed by atoms with Crippen molar-refractivity contribution in [1.82, 2.24) is 19.7 Å². The Balaban J connectivity index is 1.37. The summed E-state index contributed by atoms with van der Waals surface area (Å²) in [5.74, 6) is -0.418. The summed E-state index contributed by atoms with van der Waals surface area (Å²) in [6.45, 7) is 4.43. The summed E-state index contributed by atoms with van der Waals surface area (Å²) in [4.78, 5) is 32.2. The van der Waals surface area contributed by atoms with Crippen molar-refractivity contribution in [2.75, 3.05) is 18.4 Å².